The molecule has 18 heavy (non-hydrogen) atoms. The summed E-state index contributed by atoms with van der Waals surface area (Å²) < 4.78 is 0. The van der Waals surface area contributed by atoms with Crippen molar-refractivity contribution >= 4 is 11.3 Å². The van der Waals surface area contributed by atoms with E-state index in [4.69, 9.17) is 10.7 Å². The molecule has 2 N–H and O–H groups in total. The Kier molecular flexibility index (Phi) is 3.58. The van der Waals surface area contributed by atoms with Gasteiger partial charge in [0.1, 0.15) is 5.01 Å². The van der Waals surface area contributed by atoms with Gasteiger partial charge >= 0.3 is 0 Å². The Hall–Kier alpha value is -0.410. The first kappa shape index (κ1) is 14.0. The summed E-state index contributed by atoms with van der Waals surface area (Å²) >= 11 is 1.85. The molecule has 1 aromatic rings. The summed E-state index contributed by atoms with van der Waals surface area (Å²) in [5.41, 5.74) is 8.14. The highest BCUT2D eigenvalue weighted by Crippen LogP contribution is 2.48. The van der Waals surface area contributed by atoms with Crippen LogP contribution in [0.3, 0.4) is 0 Å². The molecule has 1 heterocycles. The summed E-state index contributed by atoms with van der Waals surface area (Å²) in [7, 11) is 0. The van der Waals surface area contributed by atoms with Crippen LogP contribution >= 0.6 is 11.3 Å². The highest BCUT2D eigenvalue weighted by molar-refractivity contribution is 7.12. The topological polar surface area (TPSA) is 38.9 Å². The molecule has 0 saturated heterocycles. The van der Waals surface area contributed by atoms with Gasteiger partial charge in [0, 0.05) is 10.3 Å². The van der Waals surface area contributed by atoms with Gasteiger partial charge in [-0.3, -0.25) is 0 Å². The zero-order valence-corrected chi connectivity index (χ0v) is 13.2. The first-order valence-corrected chi connectivity index (χ1v) is 7.82. The summed E-state index contributed by atoms with van der Waals surface area (Å²) in [6, 6.07) is 0.129. The highest BCUT2D eigenvalue weighted by atomic mass is 32.1. The van der Waals surface area contributed by atoms with Gasteiger partial charge in [0.15, 0.2) is 0 Å². The average molecular weight is 266 g/mol. The molecule has 0 aliphatic heterocycles. The summed E-state index contributed by atoms with van der Waals surface area (Å²) in [6.45, 7) is 11.6. The minimum absolute atomic E-state index is 0.129. The number of thiazole rings is 1. The van der Waals surface area contributed by atoms with Crippen molar-refractivity contribution in [3.8, 4) is 0 Å². The molecule has 0 amide bonds. The van der Waals surface area contributed by atoms with Crippen molar-refractivity contribution in [1.82, 2.24) is 4.98 Å². The van der Waals surface area contributed by atoms with Crippen molar-refractivity contribution in [2.45, 2.75) is 71.8 Å². The number of aromatic nitrogens is 1. The van der Waals surface area contributed by atoms with Gasteiger partial charge in [-0.1, -0.05) is 41.0 Å². The number of rotatable bonds is 3. The van der Waals surface area contributed by atoms with Crippen molar-refractivity contribution in [3.63, 3.8) is 0 Å². The van der Waals surface area contributed by atoms with Crippen LogP contribution in [0.2, 0.25) is 0 Å². The minimum Gasteiger partial charge on any atom is -0.322 e. The van der Waals surface area contributed by atoms with Crippen LogP contribution in [0.4, 0.5) is 0 Å². The molecule has 1 aliphatic rings. The van der Waals surface area contributed by atoms with Crippen LogP contribution in [0.5, 0.6) is 0 Å². The second kappa shape index (κ2) is 4.61. The van der Waals surface area contributed by atoms with E-state index in [-0.39, 0.29) is 11.5 Å². The predicted octanol–water partition coefficient (Wildman–Crippen LogP) is 4.19. The zero-order valence-electron chi connectivity index (χ0n) is 12.3. The molecular formula is C15H26N2S. The normalized spacial score (nSPS) is 22.6. The fraction of sp³-hybridized carbons (Fsp3) is 0.800. The third kappa shape index (κ3) is 2.62. The zero-order chi connectivity index (χ0) is 13.6. The van der Waals surface area contributed by atoms with Crippen molar-refractivity contribution in [2.24, 2.45) is 11.1 Å². The molecule has 3 heteroatoms. The fourth-order valence-electron chi connectivity index (χ4n) is 3.40. The molecule has 0 spiro atoms. The lowest BCUT2D eigenvalue weighted by Crippen LogP contribution is -2.33. The molecule has 102 valence electrons. The molecule has 0 fully saturated rings. The van der Waals surface area contributed by atoms with E-state index < -0.39 is 0 Å². The third-order valence-electron chi connectivity index (χ3n) is 3.81. The average Bonchev–Trinajstić information content (AvgIpc) is 2.59. The Morgan fingerprint density at radius 3 is 2.61 bits per heavy atom. The lowest BCUT2D eigenvalue weighted by molar-refractivity contribution is 0.232. The molecule has 2 rings (SSSR count). The van der Waals surface area contributed by atoms with Crippen molar-refractivity contribution < 1.29 is 0 Å². The van der Waals surface area contributed by atoms with Gasteiger partial charge in [-0.15, -0.1) is 11.3 Å². The van der Waals surface area contributed by atoms with Crippen LogP contribution in [-0.4, -0.2) is 4.98 Å². The Balaban J connectivity index is 2.36. The van der Waals surface area contributed by atoms with Crippen molar-refractivity contribution in [1.29, 1.82) is 0 Å². The Morgan fingerprint density at radius 1 is 1.33 bits per heavy atom. The maximum Gasteiger partial charge on any atom is 0.110 e. The van der Waals surface area contributed by atoms with Crippen LogP contribution < -0.4 is 5.73 Å². The molecule has 1 unspecified atom stereocenters. The largest absolute Gasteiger partial charge is 0.322 e. The molecule has 0 saturated carbocycles. The first-order valence-electron chi connectivity index (χ1n) is 7.01. The van der Waals surface area contributed by atoms with E-state index in [0.717, 1.165) is 24.3 Å². The third-order valence-corrected chi connectivity index (χ3v) is 5.41. The Morgan fingerprint density at radius 2 is 2.00 bits per heavy atom. The maximum absolute atomic E-state index is 6.22. The van der Waals surface area contributed by atoms with Gasteiger partial charge < -0.3 is 5.73 Å². The van der Waals surface area contributed by atoms with Gasteiger partial charge in [0.25, 0.3) is 0 Å². The van der Waals surface area contributed by atoms with Gasteiger partial charge in [0.2, 0.25) is 0 Å². The summed E-state index contributed by atoms with van der Waals surface area (Å²) in [5.74, 6) is 0. The van der Waals surface area contributed by atoms with Crippen molar-refractivity contribution in [2.75, 3.05) is 0 Å². The maximum atomic E-state index is 6.22. The smallest absolute Gasteiger partial charge is 0.110 e. The molecule has 0 aromatic carbocycles. The molecule has 0 bridgehead atoms. The van der Waals surface area contributed by atoms with E-state index in [2.05, 4.69) is 34.6 Å². The molecule has 0 radical (unpaired) electrons. The minimum atomic E-state index is 0.129. The first-order chi connectivity index (χ1) is 8.25. The van der Waals surface area contributed by atoms with Gasteiger partial charge in [0.05, 0.1) is 11.7 Å². The second-order valence-corrected chi connectivity index (χ2v) is 8.16. The quantitative estimate of drug-likeness (QED) is 0.890. The molecule has 1 aromatic heterocycles. The van der Waals surface area contributed by atoms with Gasteiger partial charge in [-0.05, 0) is 24.7 Å². The predicted molar refractivity (Wildman–Crippen MR) is 79.1 cm³/mol. The number of nitrogens with zero attached hydrogens (tertiary/aromatic N) is 1. The molecule has 2 nitrogen and oxygen atoms in total. The number of fused-ring (bicyclic) bond motifs is 1. The second-order valence-electron chi connectivity index (χ2n) is 7.12. The molecular weight excluding hydrogens is 240 g/mol. The number of hydrogen-bond acceptors (Lipinski definition) is 3. The fourth-order valence-corrected chi connectivity index (χ4v) is 4.62. The van der Waals surface area contributed by atoms with Crippen LogP contribution in [0.15, 0.2) is 0 Å². The van der Waals surface area contributed by atoms with Gasteiger partial charge in [-0.25, -0.2) is 4.98 Å². The Bertz CT molecular complexity index is 432. The standard InChI is InChI=1S/C15H26N2S/c1-6-7-10(16)13-17-11-8-14(2,3)9-15(4,5)12(11)18-13/h10H,6-9,16H2,1-5H3. The summed E-state index contributed by atoms with van der Waals surface area (Å²) in [4.78, 5) is 6.33. The van der Waals surface area contributed by atoms with Gasteiger partial charge in [-0.2, -0.15) is 0 Å². The monoisotopic (exact) mass is 266 g/mol. The molecule has 1 aliphatic carbocycles. The lowest BCUT2D eigenvalue weighted by atomic mass is 9.67. The van der Waals surface area contributed by atoms with E-state index in [1.807, 2.05) is 11.3 Å². The van der Waals surface area contributed by atoms with E-state index in [9.17, 15) is 0 Å². The van der Waals surface area contributed by atoms with Crippen LogP contribution in [0.25, 0.3) is 0 Å². The van der Waals surface area contributed by atoms with E-state index in [0.29, 0.717) is 5.41 Å². The van der Waals surface area contributed by atoms with Crippen LogP contribution in [0.1, 0.15) is 75.5 Å². The van der Waals surface area contributed by atoms with Crippen molar-refractivity contribution in [3.05, 3.63) is 15.6 Å². The summed E-state index contributed by atoms with van der Waals surface area (Å²) in [5, 5.41) is 1.15. The lowest BCUT2D eigenvalue weighted by Gasteiger charge is -2.39. The van der Waals surface area contributed by atoms with E-state index >= 15 is 0 Å². The van der Waals surface area contributed by atoms with E-state index in [1.54, 1.807) is 0 Å². The summed E-state index contributed by atoms with van der Waals surface area (Å²) in [6.07, 6.45) is 4.50. The Labute approximate surface area is 115 Å². The van der Waals surface area contributed by atoms with E-state index in [1.165, 1.54) is 17.0 Å². The highest BCUT2D eigenvalue weighted by Gasteiger charge is 2.40. The van der Waals surface area contributed by atoms with Crippen LogP contribution in [-0.2, 0) is 11.8 Å². The van der Waals surface area contributed by atoms with Crippen LogP contribution in [0, 0.1) is 5.41 Å². The number of nitrogens with two attached hydrogens (primary N) is 1. The molecule has 1 atom stereocenters. The number of hydrogen-bond donors (Lipinski definition) is 1. The SMILES string of the molecule is CCCC(N)c1nc2c(s1)C(C)(C)CC(C)(C)C2.